The number of amides is 1. The molecule has 156 valence electrons. The summed E-state index contributed by atoms with van der Waals surface area (Å²) in [5.41, 5.74) is 0.844. The maximum atomic E-state index is 12.4. The van der Waals surface area contributed by atoms with Crippen molar-refractivity contribution >= 4 is 48.9 Å². The van der Waals surface area contributed by atoms with Crippen LogP contribution in [0.2, 0.25) is 5.02 Å². The fourth-order valence-corrected chi connectivity index (χ4v) is 5.49. The number of methoxy groups -OCH3 is 1. The average molecular weight is 463 g/mol. The highest BCUT2D eigenvalue weighted by atomic mass is 35.5. The van der Waals surface area contributed by atoms with Gasteiger partial charge in [-0.15, -0.1) is 6.42 Å². The van der Waals surface area contributed by atoms with Crippen molar-refractivity contribution in [2.45, 2.75) is 24.3 Å². The van der Waals surface area contributed by atoms with Crippen LogP contribution in [-0.2, 0) is 21.2 Å². The van der Waals surface area contributed by atoms with E-state index in [0.717, 1.165) is 10.2 Å². The lowest BCUT2D eigenvalue weighted by Crippen LogP contribution is -2.16. The van der Waals surface area contributed by atoms with Crippen LogP contribution in [0.3, 0.4) is 0 Å². The number of carbonyl (C=O) groups is 1. The monoisotopic (exact) mass is 462 g/mol. The van der Waals surface area contributed by atoms with Crippen LogP contribution in [0, 0.1) is 12.3 Å². The van der Waals surface area contributed by atoms with Gasteiger partial charge in [0.25, 0.3) is 0 Å². The normalized spacial score (nSPS) is 12.1. The minimum atomic E-state index is -3.49. The Kier molecular flexibility index (Phi) is 6.98. The summed E-state index contributed by atoms with van der Waals surface area (Å²) in [6, 6.07) is 11.5. The Bertz CT molecular complexity index is 1280. The summed E-state index contributed by atoms with van der Waals surface area (Å²) >= 11 is 7.35. The number of terminal acetylenes is 1. The first-order chi connectivity index (χ1) is 14.3. The lowest BCUT2D eigenvalue weighted by Gasteiger charge is -2.05. The Balaban J connectivity index is 1.73. The highest BCUT2D eigenvalue weighted by Crippen LogP contribution is 2.22. The number of rotatable bonds is 7. The van der Waals surface area contributed by atoms with E-state index in [1.165, 1.54) is 30.6 Å². The van der Waals surface area contributed by atoms with Gasteiger partial charge < -0.3 is 9.30 Å². The van der Waals surface area contributed by atoms with Crippen LogP contribution in [0.1, 0.15) is 12.8 Å². The zero-order valence-electron chi connectivity index (χ0n) is 16.2. The number of benzene rings is 2. The molecule has 0 N–H and O–H groups in total. The van der Waals surface area contributed by atoms with Gasteiger partial charge in [-0.25, -0.2) is 8.42 Å². The van der Waals surface area contributed by atoms with E-state index in [9.17, 15) is 13.2 Å². The second kappa shape index (κ2) is 9.47. The molecule has 0 saturated carbocycles. The number of carbonyl (C=O) groups excluding carboxylic acids is 1. The third-order valence-corrected chi connectivity index (χ3v) is 7.43. The molecule has 0 aliphatic rings. The van der Waals surface area contributed by atoms with Crippen molar-refractivity contribution in [3.8, 4) is 18.1 Å². The summed E-state index contributed by atoms with van der Waals surface area (Å²) in [5, 5.41) is 0.582. The minimum absolute atomic E-state index is 0.0143. The number of hydrogen-bond acceptors (Lipinski definition) is 5. The van der Waals surface area contributed by atoms with Crippen LogP contribution in [0.25, 0.3) is 10.2 Å². The Labute approximate surface area is 183 Å². The summed E-state index contributed by atoms with van der Waals surface area (Å²) in [7, 11) is -1.98. The molecule has 0 saturated heterocycles. The third-order valence-electron chi connectivity index (χ3n) is 4.34. The molecular weight excluding hydrogens is 444 g/mol. The fraction of sp³-hybridized carbons (Fsp3) is 0.238. The second-order valence-electron chi connectivity index (χ2n) is 6.39. The number of halogens is 1. The van der Waals surface area contributed by atoms with Gasteiger partial charge in [0.05, 0.1) is 34.5 Å². The molecule has 2 aromatic carbocycles. The van der Waals surface area contributed by atoms with Gasteiger partial charge in [0.1, 0.15) is 5.75 Å². The second-order valence-corrected chi connectivity index (χ2v) is 9.95. The summed E-state index contributed by atoms with van der Waals surface area (Å²) in [6.07, 6.45) is 5.63. The molecule has 6 nitrogen and oxygen atoms in total. The van der Waals surface area contributed by atoms with Crippen LogP contribution >= 0.6 is 22.9 Å². The Morgan fingerprint density at radius 1 is 1.27 bits per heavy atom. The van der Waals surface area contributed by atoms with Crippen molar-refractivity contribution in [2.75, 3.05) is 12.9 Å². The van der Waals surface area contributed by atoms with E-state index in [0.29, 0.717) is 15.6 Å². The predicted molar refractivity (Wildman–Crippen MR) is 119 cm³/mol. The van der Waals surface area contributed by atoms with E-state index in [-0.39, 0.29) is 30.0 Å². The van der Waals surface area contributed by atoms with Crippen molar-refractivity contribution in [1.82, 2.24) is 4.57 Å². The molecule has 3 aromatic rings. The van der Waals surface area contributed by atoms with Crippen molar-refractivity contribution in [3.63, 3.8) is 0 Å². The quantitative estimate of drug-likeness (QED) is 0.502. The Hall–Kier alpha value is -2.60. The lowest BCUT2D eigenvalue weighted by atomic mass is 10.3. The van der Waals surface area contributed by atoms with Crippen LogP contribution in [0.15, 0.2) is 52.4 Å². The number of aromatic nitrogens is 1. The van der Waals surface area contributed by atoms with Crippen molar-refractivity contribution in [2.24, 2.45) is 4.99 Å². The van der Waals surface area contributed by atoms with Gasteiger partial charge in [-0.1, -0.05) is 28.9 Å². The summed E-state index contributed by atoms with van der Waals surface area (Å²) in [5.74, 6) is 2.59. The molecule has 3 rings (SSSR count). The molecule has 0 aliphatic heterocycles. The van der Waals surface area contributed by atoms with Gasteiger partial charge in [0.15, 0.2) is 14.6 Å². The molecule has 1 aromatic heterocycles. The molecule has 0 bridgehead atoms. The Morgan fingerprint density at radius 3 is 2.67 bits per heavy atom. The Morgan fingerprint density at radius 2 is 2.00 bits per heavy atom. The predicted octanol–water partition coefficient (Wildman–Crippen LogP) is 3.68. The summed E-state index contributed by atoms with van der Waals surface area (Å²) in [4.78, 5) is 17.2. The smallest absolute Gasteiger partial charge is 0.248 e. The highest BCUT2D eigenvalue weighted by Gasteiger charge is 2.15. The van der Waals surface area contributed by atoms with Crippen LogP contribution < -0.4 is 9.54 Å². The molecule has 1 heterocycles. The first kappa shape index (κ1) is 22.1. The van der Waals surface area contributed by atoms with Crippen molar-refractivity contribution < 1.29 is 17.9 Å². The maximum absolute atomic E-state index is 12.4. The topological polar surface area (TPSA) is 77.7 Å². The van der Waals surface area contributed by atoms with Gasteiger partial charge in [-0.3, -0.25) is 4.79 Å². The van der Waals surface area contributed by atoms with Gasteiger partial charge in [-0.05, 0) is 48.9 Å². The van der Waals surface area contributed by atoms with Crippen LogP contribution in [0.4, 0.5) is 0 Å². The molecule has 0 atom stereocenters. The zero-order chi connectivity index (χ0) is 21.7. The molecule has 30 heavy (non-hydrogen) atoms. The number of sulfone groups is 1. The van der Waals surface area contributed by atoms with Gasteiger partial charge in [0.2, 0.25) is 5.91 Å². The van der Waals surface area contributed by atoms with E-state index in [4.69, 9.17) is 22.8 Å². The summed E-state index contributed by atoms with van der Waals surface area (Å²) < 4.78 is 32.5. The molecule has 0 spiro atoms. The van der Waals surface area contributed by atoms with Gasteiger partial charge in [-0.2, -0.15) is 4.99 Å². The van der Waals surface area contributed by atoms with E-state index >= 15 is 0 Å². The number of nitrogens with zero attached hydrogens (tertiary/aromatic N) is 2. The van der Waals surface area contributed by atoms with E-state index in [1.807, 2.05) is 6.07 Å². The minimum Gasteiger partial charge on any atom is -0.497 e. The molecule has 0 aliphatic carbocycles. The SMILES string of the molecule is C#CCn1c(=NC(=O)CCCS(=O)(=O)c2ccc(OC)cc2)sc2cc(Cl)ccc21. The van der Waals surface area contributed by atoms with E-state index in [2.05, 4.69) is 10.9 Å². The molecule has 0 unspecified atom stereocenters. The summed E-state index contributed by atoms with van der Waals surface area (Å²) in [6.45, 7) is 0.263. The molecule has 0 fully saturated rings. The van der Waals surface area contributed by atoms with Crippen LogP contribution in [0.5, 0.6) is 5.75 Å². The lowest BCUT2D eigenvalue weighted by molar-refractivity contribution is -0.118. The number of hydrogen-bond donors (Lipinski definition) is 0. The molecule has 9 heteroatoms. The first-order valence-corrected chi connectivity index (χ1v) is 11.9. The van der Waals surface area contributed by atoms with Crippen molar-refractivity contribution in [3.05, 3.63) is 52.3 Å². The van der Waals surface area contributed by atoms with E-state index in [1.54, 1.807) is 28.8 Å². The number of thiazole rings is 1. The number of fused-ring (bicyclic) bond motifs is 1. The standard InChI is InChI=1S/C21H19ClN2O4S2/c1-3-12-24-18-11-6-15(22)14-19(18)29-21(24)23-20(25)5-4-13-30(26,27)17-9-7-16(28-2)8-10-17/h1,6-11,14H,4-5,12-13H2,2H3. The molecular formula is C21H19ClN2O4S2. The van der Waals surface area contributed by atoms with Crippen molar-refractivity contribution in [1.29, 1.82) is 0 Å². The first-order valence-electron chi connectivity index (χ1n) is 9.01. The van der Waals surface area contributed by atoms with Crippen LogP contribution in [-0.4, -0.2) is 31.8 Å². The fourth-order valence-electron chi connectivity index (χ4n) is 2.85. The van der Waals surface area contributed by atoms with Gasteiger partial charge in [0, 0.05) is 11.4 Å². The maximum Gasteiger partial charge on any atom is 0.248 e. The highest BCUT2D eigenvalue weighted by molar-refractivity contribution is 7.91. The average Bonchev–Trinajstić information content (AvgIpc) is 3.04. The molecule has 0 radical (unpaired) electrons. The molecule has 1 amide bonds. The number of ether oxygens (including phenoxy) is 1. The van der Waals surface area contributed by atoms with Gasteiger partial charge >= 0.3 is 0 Å². The zero-order valence-corrected chi connectivity index (χ0v) is 18.6. The van der Waals surface area contributed by atoms with E-state index < -0.39 is 15.7 Å². The largest absolute Gasteiger partial charge is 0.497 e. The third kappa shape index (κ3) is 5.11.